The predicted molar refractivity (Wildman–Crippen MR) is 82.4 cm³/mol. The molecule has 0 aromatic heterocycles. The molecule has 3 heteroatoms. The number of hydrogen-bond donors (Lipinski definition) is 1. The van der Waals surface area contributed by atoms with Gasteiger partial charge in [0, 0.05) is 18.7 Å². The van der Waals surface area contributed by atoms with Crippen molar-refractivity contribution in [1.82, 2.24) is 5.32 Å². The van der Waals surface area contributed by atoms with E-state index in [2.05, 4.69) is 24.4 Å². The van der Waals surface area contributed by atoms with Crippen LogP contribution in [0.25, 0.3) is 0 Å². The zero-order valence-corrected chi connectivity index (χ0v) is 12.9. The highest BCUT2D eigenvalue weighted by Crippen LogP contribution is 2.28. The molecule has 1 fully saturated rings. The topological polar surface area (TPSA) is 30.5 Å². The van der Waals surface area contributed by atoms with Gasteiger partial charge in [-0.1, -0.05) is 26.2 Å². The normalized spacial score (nSPS) is 22.6. The Morgan fingerprint density at radius 2 is 1.70 bits per heavy atom. The summed E-state index contributed by atoms with van der Waals surface area (Å²) in [6.45, 7) is 3.19. The van der Waals surface area contributed by atoms with Gasteiger partial charge in [0.05, 0.1) is 14.2 Å². The first-order chi connectivity index (χ1) is 9.76. The molecule has 3 nitrogen and oxygen atoms in total. The Kier molecular flexibility index (Phi) is 5.72. The molecular formula is C17H27NO2. The van der Waals surface area contributed by atoms with Crippen LogP contribution >= 0.6 is 0 Å². The van der Waals surface area contributed by atoms with Gasteiger partial charge in [0.2, 0.25) is 0 Å². The molecule has 1 N–H and O–H groups in total. The first kappa shape index (κ1) is 15.2. The highest BCUT2D eigenvalue weighted by molar-refractivity contribution is 5.38. The Morgan fingerprint density at radius 3 is 2.30 bits per heavy atom. The molecule has 0 saturated heterocycles. The second kappa shape index (κ2) is 7.53. The van der Waals surface area contributed by atoms with Crippen molar-refractivity contribution in [3.63, 3.8) is 0 Å². The molecule has 0 amide bonds. The molecule has 2 unspecified atom stereocenters. The summed E-state index contributed by atoms with van der Waals surface area (Å²) in [5.74, 6) is 2.55. The molecule has 1 aliphatic carbocycles. The molecule has 0 spiro atoms. The molecule has 2 atom stereocenters. The van der Waals surface area contributed by atoms with Gasteiger partial charge in [-0.25, -0.2) is 0 Å². The van der Waals surface area contributed by atoms with Crippen molar-refractivity contribution in [2.75, 3.05) is 14.2 Å². The van der Waals surface area contributed by atoms with Crippen molar-refractivity contribution in [1.29, 1.82) is 0 Å². The largest absolute Gasteiger partial charge is 0.497 e. The van der Waals surface area contributed by atoms with Crippen LogP contribution in [0.2, 0.25) is 0 Å². The molecule has 1 aromatic rings. The van der Waals surface area contributed by atoms with Gasteiger partial charge in [-0.2, -0.15) is 0 Å². The summed E-state index contributed by atoms with van der Waals surface area (Å²) in [5.41, 5.74) is 1.22. The zero-order chi connectivity index (χ0) is 14.4. The maximum atomic E-state index is 5.32. The van der Waals surface area contributed by atoms with E-state index in [1.165, 1.54) is 37.7 Å². The summed E-state index contributed by atoms with van der Waals surface area (Å²) >= 11 is 0. The summed E-state index contributed by atoms with van der Waals surface area (Å²) in [4.78, 5) is 0. The van der Waals surface area contributed by atoms with Crippen molar-refractivity contribution in [3.8, 4) is 11.5 Å². The first-order valence-corrected chi connectivity index (χ1v) is 7.72. The highest BCUT2D eigenvalue weighted by atomic mass is 16.5. The first-order valence-electron chi connectivity index (χ1n) is 7.72. The molecular weight excluding hydrogens is 250 g/mol. The summed E-state index contributed by atoms with van der Waals surface area (Å²) in [7, 11) is 3.39. The fourth-order valence-corrected chi connectivity index (χ4v) is 3.18. The third kappa shape index (κ3) is 3.89. The van der Waals surface area contributed by atoms with Crippen LogP contribution in [0.5, 0.6) is 11.5 Å². The molecule has 0 aliphatic heterocycles. The lowest BCUT2D eigenvalue weighted by molar-refractivity contribution is 0.254. The fourth-order valence-electron chi connectivity index (χ4n) is 3.18. The number of benzene rings is 1. The monoisotopic (exact) mass is 277 g/mol. The third-order valence-electron chi connectivity index (χ3n) is 4.41. The fraction of sp³-hybridized carbons (Fsp3) is 0.647. The molecule has 112 valence electrons. The molecule has 0 bridgehead atoms. The van der Waals surface area contributed by atoms with Crippen molar-refractivity contribution >= 4 is 0 Å². The van der Waals surface area contributed by atoms with E-state index < -0.39 is 0 Å². The number of methoxy groups -OCH3 is 2. The van der Waals surface area contributed by atoms with Crippen LogP contribution in [0, 0.1) is 5.92 Å². The quantitative estimate of drug-likeness (QED) is 0.858. The van der Waals surface area contributed by atoms with E-state index in [0.717, 1.165) is 24.0 Å². The number of rotatable bonds is 6. The van der Waals surface area contributed by atoms with Crippen molar-refractivity contribution in [2.45, 2.75) is 51.6 Å². The lowest BCUT2D eigenvalue weighted by Crippen LogP contribution is -2.37. The van der Waals surface area contributed by atoms with Gasteiger partial charge < -0.3 is 14.8 Å². The minimum absolute atomic E-state index is 0.658. The second-order valence-corrected chi connectivity index (χ2v) is 5.66. The van der Waals surface area contributed by atoms with Crippen molar-refractivity contribution in [3.05, 3.63) is 23.8 Å². The van der Waals surface area contributed by atoms with E-state index in [9.17, 15) is 0 Å². The average Bonchev–Trinajstić information content (AvgIpc) is 2.52. The third-order valence-corrected chi connectivity index (χ3v) is 4.41. The summed E-state index contributed by atoms with van der Waals surface area (Å²) in [6, 6.07) is 6.74. The molecule has 1 aliphatic rings. The van der Waals surface area contributed by atoms with Crippen LogP contribution < -0.4 is 14.8 Å². The van der Waals surface area contributed by atoms with Gasteiger partial charge in [-0.3, -0.25) is 0 Å². The molecule has 0 radical (unpaired) electrons. The highest BCUT2D eigenvalue weighted by Gasteiger charge is 2.22. The van der Waals surface area contributed by atoms with Gasteiger partial charge in [-0.15, -0.1) is 0 Å². The summed E-state index contributed by atoms with van der Waals surface area (Å²) in [5, 5.41) is 3.73. The molecule has 20 heavy (non-hydrogen) atoms. The minimum atomic E-state index is 0.658. The summed E-state index contributed by atoms with van der Waals surface area (Å²) < 4.78 is 10.6. The Hall–Kier alpha value is -1.22. The van der Waals surface area contributed by atoms with Crippen LogP contribution in [0.4, 0.5) is 0 Å². The van der Waals surface area contributed by atoms with Crippen molar-refractivity contribution < 1.29 is 9.47 Å². The SMILES string of the molecule is CCC1CCCCC1NCc1cc(OC)cc(OC)c1. The van der Waals surface area contributed by atoms with Crippen LogP contribution in [0.1, 0.15) is 44.6 Å². The minimum Gasteiger partial charge on any atom is -0.497 e. The van der Waals surface area contributed by atoms with Crippen LogP contribution in [0.3, 0.4) is 0 Å². The van der Waals surface area contributed by atoms with Crippen molar-refractivity contribution in [2.24, 2.45) is 5.92 Å². The van der Waals surface area contributed by atoms with Crippen LogP contribution in [-0.2, 0) is 6.54 Å². The van der Waals surface area contributed by atoms with E-state index in [1.54, 1.807) is 14.2 Å². The van der Waals surface area contributed by atoms with Gasteiger partial charge in [-0.05, 0) is 36.5 Å². The molecule has 0 heterocycles. The number of ether oxygens (including phenoxy) is 2. The van der Waals surface area contributed by atoms with E-state index in [-0.39, 0.29) is 0 Å². The maximum Gasteiger partial charge on any atom is 0.122 e. The number of nitrogens with one attached hydrogen (secondary N) is 1. The molecule has 1 saturated carbocycles. The van der Waals surface area contributed by atoms with E-state index >= 15 is 0 Å². The molecule has 2 rings (SSSR count). The smallest absolute Gasteiger partial charge is 0.122 e. The zero-order valence-electron chi connectivity index (χ0n) is 12.9. The Morgan fingerprint density at radius 1 is 1.05 bits per heavy atom. The lowest BCUT2D eigenvalue weighted by Gasteiger charge is -2.31. The van der Waals surface area contributed by atoms with Gasteiger partial charge in [0.25, 0.3) is 0 Å². The number of hydrogen-bond acceptors (Lipinski definition) is 3. The van der Waals surface area contributed by atoms with E-state index in [4.69, 9.17) is 9.47 Å². The van der Waals surface area contributed by atoms with Crippen LogP contribution in [-0.4, -0.2) is 20.3 Å². The van der Waals surface area contributed by atoms with Gasteiger partial charge >= 0.3 is 0 Å². The average molecular weight is 277 g/mol. The standard InChI is InChI=1S/C17H27NO2/c1-4-14-7-5-6-8-17(14)18-12-13-9-15(19-2)11-16(10-13)20-3/h9-11,14,17-18H,4-8,12H2,1-3H3. The van der Waals surface area contributed by atoms with E-state index in [1.807, 2.05) is 6.07 Å². The second-order valence-electron chi connectivity index (χ2n) is 5.66. The van der Waals surface area contributed by atoms with Gasteiger partial charge in [0.1, 0.15) is 11.5 Å². The van der Waals surface area contributed by atoms with Gasteiger partial charge in [0.15, 0.2) is 0 Å². The molecule has 1 aromatic carbocycles. The maximum absolute atomic E-state index is 5.32. The Labute approximate surface area is 122 Å². The Bertz CT molecular complexity index is 397. The lowest BCUT2D eigenvalue weighted by atomic mass is 9.83. The summed E-state index contributed by atoms with van der Waals surface area (Å²) in [6.07, 6.45) is 6.70. The predicted octanol–water partition coefficient (Wildman–Crippen LogP) is 3.76. The Balaban J connectivity index is 1.98. The van der Waals surface area contributed by atoms with E-state index in [0.29, 0.717) is 6.04 Å². The van der Waals surface area contributed by atoms with Crippen LogP contribution in [0.15, 0.2) is 18.2 Å².